The van der Waals surface area contributed by atoms with E-state index in [9.17, 15) is 9.59 Å². The zero-order valence-corrected chi connectivity index (χ0v) is 10.7. The summed E-state index contributed by atoms with van der Waals surface area (Å²) in [5.74, 6) is -1.03. The molecular weight excluding hydrogens is 220 g/mol. The summed E-state index contributed by atoms with van der Waals surface area (Å²) >= 11 is 0. The summed E-state index contributed by atoms with van der Waals surface area (Å²) in [6, 6.07) is -0.505. The van der Waals surface area contributed by atoms with Crippen LogP contribution in [-0.2, 0) is 9.59 Å². The lowest BCUT2D eigenvalue weighted by molar-refractivity contribution is -0.142. The molecular formula is C12H22N2O3. The van der Waals surface area contributed by atoms with Crippen LogP contribution >= 0.6 is 0 Å². The average molecular weight is 242 g/mol. The Labute approximate surface area is 102 Å². The second kappa shape index (κ2) is 5.49. The molecule has 0 radical (unpaired) electrons. The van der Waals surface area contributed by atoms with E-state index < -0.39 is 17.9 Å². The molecule has 3 atom stereocenters. The van der Waals surface area contributed by atoms with Crippen molar-refractivity contribution < 1.29 is 14.7 Å². The van der Waals surface area contributed by atoms with Crippen molar-refractivity contribution in [1.82, 2.24) is 4.90 Å². The molecule has 0 spiro atoms. The average Bonchev–Trinajstić information content (AvgIpc) is 2.58. The maximum atomic E-state index is 12.0. The van der Waals surface area contributed by atoms with Gasteiger partial charge in [-0.25, -0.2) is 0 Å². The number of rotatable bonds is 4. The third-order valence-electron chi connectivity index (χ3n) is 3.28. The van der Waals surface area contributed by atoms with Gasteiger partial charge in [-0.1, -0.05) is 20.8 Å². The van der Waals surface area contributed by atoms with Gasteiger partial charge in [0.2, 0.25) is 5.91 Å². The summed E-state index contributed by atoms with van der Waals surface area (Å²) in [6.07, 6.45) is 0.640. The minimum absolute atomic E-state index is 0.00250. The van der Waals surface area contributed by atoms with Crippen LogP contribution in [0.25, 0.3) is 0 Å². The molecule has 5 heteroatoms. The molecule has 1 aliphatic heterocycles. The predicted octanol–water partition coefficient (Wildman–Crippen LogP) is 0.539. The maximum Gasteiger partial charge on any atom is 0.308 e. The van der Waals surface area contributed by atoms with E-state index >= 15 is 0 Å². The molecule has 1 aliphatic rings. The molecule has 1 rings (SSSR count). The van der Waals surface area contributed by atoms with E-state index in [4.69, 9.17) is 10.8 Å². The Bertz CT molecular complexity index is 304. The van der Waals surface area contributed by atoms with Crippen LogP contribution in [-0.4, -0.2) is 41.0 Å². The number of carboxylic acid groups (broad SMARTS) is 1. The van der Waals surface area contributed by atoms with Crippen molar-refractivity contribution >= 4 is 11.9 Å². The largest absolute Gasteiger partial charge is 0.481 e. The lowest BCUT2D eigenvalue weighted by Crippen LogP contribution is -2.43. The van der Waals surface area contributed by atoms with Crippen LogP contribution in [0.15, 0.2) is 0 Å². The molecule has 1 heterocycles. The summed E-state index contributed by atoms with van der Waals surface area (Å²) in [7, 11) is 0. The molecule has 1 fully saturated rings. The van der Waals surface area contributed by atoms with E-state index in [1.54, 1.807) is 4.90 Å². The van der Waals surface area contributed by atoms with Crippen LogP contribution in [0.5, 0.6) is 0 Å². The van der Waals surface area contributed by atoms with Gasteiger partial charge in [-0.3, -0.25) is 9.59 Å². The summed E-state index contributed by atoms with van der Waals surface area (Å²) in [6.45, 7) is 6.68. The van der Waals surface area contributed by atoms with Crippen molar-refractivity contribution in [3.63, 3.8) is 0 Å². The normalized spacial score (nSPS) is 26.3. The summed E-state index contributed by atoms with van der Waals surface area (Å²) in [5.41, 5.74) is 5.83. The molecule has 3 N–H and O–H groups in total. The molecule has 17 heavy (non-hydrogen) atoms. The monoisotopic (exact) mass is 242 g/mol. The Kier molecular flexibility index (Phi) is 4.51. The molecule has 0 bridgehead atoms. The highest BCUT2D eigenvalue weighted by Crippen LogP contribution is 2.24. The lowest BCUT2D eigenvalue weighted by atomic mass is 9.99. The number of carboxylic acids is 1. The van der Waals surface area contributed by atoms with Gasteiger partial charge < -0.3 is 15.7 Å². The van der Waals surface area contributed by atoms with Gasteiger partial charge in [-0.05, 0) is 18.3 Å². The van der Waals surface area contributed by atoms with Gasteiger partial charge >= 0.3 is 5.97 Å². The van der Waals surface area contributed by atoms with E-state index in [1.165, 1.54) is 0 Å². The topological polar surface area (TPSA) is 83.6 Å². The highest BCUT2D eigenvalue weighted by molar-refractivity contribution is 5.83. The van der Waals surface area contributed by atoms with E-state index in [-0.39, 0.29) is 11.8 Å². The number of nitrogens with zero attached hydrogens (tertiary/aromatic N) is 1. The fraction of sp³-hybridized carbons (Fsp3) is 0.833. The number of hydrogen-bond donors (Lipinski definition) is 2. The molecule has 1 saturated heterocycles. The van der Waals surface area contributed by atoms with Gasteiger partial charge in [-0.2, -0.15) is 0 Å². The molecule has 98 valence electrons. The SMILES string of the molecule is CC(C)C[C@@H](N)C(=O)N1C[C@@H](C)[C@H](C(=O)O)C1. The smallest absolute Gasteiger partial charge is 0.308 e. The van der Waals surface area contributed by atoms with Crippen molar-refractivity contribution in [2.75, 3.05) is 13.1 Å². The second-order valence-electron chi connectivity index (χ2n) is 5.40. The Morgan fingerprint density at radius 2 is 2.00 bits per heavy atom. The van der Waals surface area contributed by atoms with Crippen molar-refractivity contribution in [3.8, 4) is 0 Å². The highest BCUT2D eigenvalue weighted by atomic mass is 16.4. The van der Waals surface area contributed by atoms with Crippen LogP contribution in [0.4, 0.5) is 0 Å². The van der Waals surface area contributed by atoms with Gasteiger partial charge in [0, 0.05) is 13.1 Å². The van der Waals surface area contributed by atoms with E-state index in [1.807, 2.05) is 20.8 Å². The van der Waals surface area contributed by atoms with Crippen LogP contribution in [0, 0.1) is 17.8 Å². The van der Waals surface area contributed by atoms with Gasteiger partial charge in [0.1, 0.15) is 0 Å². The Morgan fingerprint density at radius 1 is 1.41 bits per heavy atom. The molecule has 0 unspecified atom stereocenters. The first-order chi connectivity index (χ1) is 7.82. The second-order valence-corrected chi connectivity index (χ2v) is 5.40. The fourth-order valence-electron chi connectivity index (χ4n) is 2.31. The number of nitrogens with two attached hydrogens (primary N) is 1. The van der Waals surface area contributed by atoms with Gasteiger partial charge in [0.05, 0.1) is 12.0 Å². The van der Waals surface area contributed by atoms with Crippen molar-refractivity contribution in [2.45, 2.75) is 33.2 Å². The molecule has 0 aromatic rings. The number of carbonyl (C=O) groups excluding carboxylic acids is 1. The van der Waals surface area contributed by atoms with Crippen LogP contribution in [0.1, 0.15) is 27.2 Å². The molecule has 5 nitrogen and oxygen atoms in total. The first kappa shape index (κ1) is 14.0. The predicted molar refractivity (Wildman–Crippen MR) is 64.3 cm³/mol. The number of carbonyl (C=O) groups is 2. The van der Waals surface area contributed by atoms with Crippen molar-refractivity contribution in [3.05, 3.63) is 0 Å². The highest BCUT2D eigenvalue weighted by Gasteiger charge is 2.38. The van der Waals surface area contributed by atoms with E-state index in [0.717, 1.165) is 0 Å². The van der Waals surface area contributed by atoms with Crippen LogP contribution < -0.4 is 5.73 Å². The van der Waals surface area contributed by atoms with Crippen LogP contribution in [0.2, 0.25) is 0 Å². The Hall–Kier alpha value is -1.10. The van der Waals surface area contributed by atoms with Gasteiger partial charge in [0.25, 0.3) is 0 Å². The zero-order chi connectivity index (χ0) is 13.2. The zero-order valence-electron chi connectivity index (χ0n) is 10.7. The molecule has 0 saturated carbocycles. The number of likely N-dealkylation sites (tertiary alicyclic amines) is 1. The van der Waals surface area contributed by atoms with Gasteiger partial charge in [-0.15, -0.1) is 0 Å². The maximum absolute atomic E-state index is 12.0. The van der Waals surface area contributed by atoms with E-state index in [0.29, 0.717) is 25.4 Å². The third kappa shape index (κ3) is 3.43. The Balaban J connectivity index is 2.58. The van der Waals surface area contributed by atoms with Crippen LogP contribution in [0.3, 0.4) is 0 Å². The minimum atomic E-state index is -0.828. The number of amides is 1. The van der Waals surface area contributed by atoms with Gasteiger partial charge in [0.15, 0.2) is 0 Å². The first-order valence-electron chi connectivity index (χ1n) is 6.10. The summed E-state index contributed by atoms with van der Waals surface area (Å²) in [4.78, 5) is 24.6. The lowest BCUT2D eigenvalue weighted by Gasteiger charge is -2.21. The molecule has 0 aromatic heterocycles. The van der Waals surface area contributed by atoms with E-state index in [2.05, 4.69) is 0 Å². The number of hydrogen-bond acceptors (Lipinski definition) is 3. The fourth-order valence-corrected chi connectivity index (χ4v) is 2.31. The third-order valence-corrected chi connectivity index (χ3v) is 3.28. The van der Waals surface area contributed by atoms with Crippen molar-refractivity contribution in [1.29, 1.82) is 0 Å². The summed E-state index contributed by atoms with van der Waals surface area (Å²) < 4.78 is 0. The molecule has 1 amide bonds. The first-order valence-corrected chi connectivity index (χ1v) is 6.10. The molecule has 0 aliphatic carbocycles. The standard InChI is InChI=1S/C12H22N2O3/c1-7(2)4-10(13)11(15)14-5-8(3)9(6-14)12(16)17/h7-10H,4-6,13H2,1-3H3,(H,16,17)/t8-,9-,10-/m1/s1. The minimum Gasteiger partial charge on any atom is -0.481 e. The van der Waals surface area contributed by atoms with Crippen molar-refractivity contribution in [2.24, 2.45) is 23.5 Å². The summed E-state index contributed by atoms with van der Waals surface area (Å²) in [5, 5.41) is 9.00. The number of aliphatic carboxylic acids is 1. The quantitative estimate of drug-likeness (QED) is 0.753. The Morgan fingerprint density at radius 3 is 2.41 bits per heavy atom. The molecule has 0 aromatic carbocycles.